The molecule has 0 spiro atoms. The molecule has 8 heteroatoms. The molecule has 0 unspecified atom stereocenters. The fourth-order valence-electron chi connectivity index (χ4n) is 3.41. The van der Waals surface area contributed by atoms with Crippen LogP contribution < -0.4 is 5.32 Å². The third-order valence-corrected chi connectivity index (χ3v) is 4.99. The van der Waals surface area contributed by atoms with Gasteiger partial charge in [-0.25, -0.2) is 14.0 Å². The molecule has 1 aliphatic rings. The number of amides is 2. The van der Waals surface area contributed by atoms with Gasteiger partial charge in [-0.15, -0.1) is 0 Å². The summed E-state index contributed by atoms with van der Waals surface area (Å²) in [6.07, 6.45) is 0.179. The molecule has 1 fully saturated rings. The first-order valence-electron chi connectivity index (χ1n) is 9.69. The van der Waals surface area contributed by atoms with Gasteiger partial charge in [0.1, 0.15) is 24.5 Å². The minimum Gasteiger partial charge on any atom is -0.480 e. The maximum Gasteiger partial charge on any atom is 0.410 e. The number of benzene rings is 2. The molecule has 2 aromatic carbocycles. The fraction of sp³-hybridized carbons (Fsp3) is 0.318. The van der Waals surface area contributed by atoms with Gasteiger partial charge < -0.3 is 15.2 Å². The SMILES string of the molecule is O=C(N[C@H](Cc1ccccc1F)C(=O)O)[C@H]1CCCN1C(=O)OCc1ccccc1. The van der Waals surface area contributed by atoms with Crippen molar-refractivity contribution in [1.82, 2.24) is 10.2 Å². The molecule has 0 aromatic heterocycles. The number of aliphatic carboxylic acids is 1. The molecular weight excluding hydrogens is 391 g/mol. The Morgan fingerprint density at radius 2 is 1.83 bits per heavy atom. The minimum atomic E-state index is -1.31. The van der Waals surface area contributed by atoms with E-state index in [1.807, 2.05) is 30.3 Å². The molecule has 30 heavy (non-hydrogen) atoms. The molecule has 0 aliphatic carbocycles. The third-order valence-electron chi connectivity index (χ3n) is 4.99. The third kappa shape index (κ3) is 5.34. The van der Waals surface area contributed by atoms with Gasteiger partial charge in [-0.3, -0.25) is 9.69 Å². The first-order valence-corrected chi connectivity index (χ1v) is 9.69. The lowest BCUT2D eigenvalue weighted by molar-refractivity contribution is -0.142. The van der Waals surface area contributed by atoms with Gasteiger partial charge in [0.25, 0.3) is 0 Å². The number of halogens is 1. The first-order chi connectivity index (χ1) is 14.5. The number of nitrogens with zero attached hydrogens (tertiary/aromatic N) is 1. The van der Waals surface area contributed by atoms with Gasteiger partial charge in [0, 0.05) is 13.0 Å². The molecule has 2 amide bonds. The monoisotopic (exact) mass is 414 g/mol. The lowest BCUT2D eigenvalue weighted by Crippen LogP contribution is -2.51. The molecule has 0 radical (unpaired) electrons. The van der Waals surface area contributed by atoms with E-state index in [2.05, 4.69) is 5.32 Å². The van der Waals surface area contributed by atoms with Crippen LogP contribution in [0, 0.1) is 5.82 Å². The maximum atomic E-state index is 13.9. The summed E-state index contributed by atoms with van der Waals surface area (Å²) >= 11 is 0. The normalized spacial score (nSPS) is 16.7. The Balaban J connectivity index is 1.61. The number of carbonyl (C=O) groups excluding carboxylic acids is 2. The number of likely N-dealkylation sites (tertiary alicyclic amines) is 1. The van der Waals surface area contributed by atoms with Crippen molar-refractivity contribution in [3.05, 3.63) is 71.5 Å². The fourth-order valence-corrected chi connectivity index (χ4v) is 3.41. The Kier molecular flexibility index (Phi) is 7.00. The Bertz CT molecular complexity index is 905. The number of carboxylic acid groups (broad SMARTS) is 1. The van der Waals surface area contributed by atoms with Crippen molar-refractivity contribution in [3.8, 4) is 0 Å². The average Bonchev–Trinajstić information content (AvgIpc) is 3.24. The van der Waals surface area contributed by atoms with Crippen LogP contribution in [0.5, 0.6) is 0 Å². The zero-order valence-electron chi connectivity index (χ0n) is 16.3. The van der Waals surface area contributed by atoms with Gasteiger partial charge >= 0.3 is 12.1 Å². The van der Waals surface area contributed by atoms with Crippen molar-refractivity contribution in [2.24, 2.45) is 0 Å². The number of nitrogens with one attached hydrogen (secondary N) is 1. The molecule has 1 heterocycles. The standard InChI is InChI=1S/C22H23FN2O5/c23-17-10-5-4-9-16(17)13-18(21(27)28)24-20(26)19-11-6-12-25(19)22(29)30-14-15-7-2-1-3-8-15/h1-5,7-10,18-19H,6,11-14H2,(H,24,26)(H,27,28)/t18-,19-/m1/s1. The highest BCUT2D eigenvalue weighted by Gasteiger charge is 2.36. The lowest BCUT2D eigenvalue weighted by Gasteiger charge is -2.25. The highest BCUT2D eigenvalue weighted by atomic mass is 19.1. The second-order valence-corrected chi connectivity index (χ2v) is 7.09. The van der Waals surface area contributed by atoms with Crippen LogP contribution in [0.4, 0.5) is 9.18 Å². The summed E-state index contributed by atoms with van der Waals surface area (Å²) in [4.78, 5) is 38.1. The van der Waals surface area contributed by atoms with Gasteiger partial charge in [0.2, 0.25) is 5.91 Å². The summed E-state index contributed by atoms with van der Waals surface area (Å²) in [6, 6.07) is 12.8. The number of hydrogen-bond acceptors (Lipinski definition) is 4. The second kappa shape index (κ2) is 9.87. The summed E-state index contributed by atoms with van der Waals surface area (Å²) in [5.74, 6) is -2.40. The number of carbonyl (C=O) groups is 3. The quantitative estimate of drug-likeness (QED) is 0.726. The highest BCUT2D eigenvalue weighted by molar-refractivity contribution is 5.89. The van der Waals surface area contributed by atoms with Crippen LogP contribution in [0.3, 0.4) is 0 Å². The van der Waals surface area contributed by atoms with E-state index in [0.717, 1.165) is 5.56 Å². The van der Waals surface area contributed by atoms with E-state index in [9.17, 15) is 23.9 Å². The van der Waals surface area contributed by atoms with Gasteiger partial charge in [-0.1, -0.05) is 48.5 Å². The molecule has 2 aromatic rings. The largest absolute Gasteiger partial charge is 0.480 e. The summed E-state index contributed by atoms with van der Waals surface area (Å²) in [7, 11) is 0. The molecule has 158 valence electrons. The van der Waals surface area contributed by atoms with E-state index < -0.39 is 35.9 Å². The van der Waals surface area contributed by atoms with Crippen LogP contribution in [0.25, 0.3) is 0 Å². The summed E-state index contributed by atoms with van der Waals surface area (Å²) in [5.41, 5.74) is 1.01. The lowest BCUT2D eigenvalue weighted by atomic mass is 10.0. The molecule has 7 nitrogen and oxygen atoms in total. The van der Waals surface area contributed by atoms with Gasteiger partial charge in [0.05, 0.1) is 0 Å². The summed E-state index contributed by atoms with van der Waals surface area (Å²) < 4.78 is 19.2. The van der Waals surface area contributed by atoms with Gasteiger partial charge in [-0.2, -0.15) is 0 Å². The molecule has 0 saturated carbocycles. The van der Waals surface area contributed by atoms with Crippen molar-refractivity contribution in [2.75, 3.05) is 6.54 Å². The molecule has 1 saturated heterocycles. The number of hydrogen-bond donors (Lipinski definition) is 2. The molecule has 2 N–H and O–H groups in total. The summed E-state index contributed by atoms with van der Waals surface area (Å²) in [5, 5.41) is 11.9. The molecule has 2 atom stereocenters. The van der Waals surface area contributed by atoms with Crippen LogP contribution >= 0.6 is 0 Å². The predicted molar refractivity (Wildman–Crippen MR) is 106 cm³/mol. The number of ether oxygens (including phenoxy) is 1. The number of carboxylic acids is 1. The van der Waals surface area contributed by atoms with E-state index in [-0.39, 0.29) is 18.6 Å². The molecule has 0 bridgehead atoms. The van der Waals surface area contributed by atoms with Crippen molar-refractivity contribution >= 4 is 18.0 Å². The zero-order valence-corrected chi connectivity index (χ0v) is 16.3. The van der Waals surface area contributed by atoms with E-state index in [1.54, 1.807) is 6.07 Å². The van der Waals surface area contributed by atoms with E-state index >= 15 is 0 Å². The van der Waals surface area contributed by atoms with Crippen molar-refractivity contribution < 1.29 is 28.6 Å². The smallest absolute Gasteiger partial charge is 0.410 e. The van der Waals surface area contributed by atoms with Crippen molar-refractivity contribution in [3.63, 3.8) is 0 Å². The first kappa shape index (κ1) is 21.3. The van der Waals surface area contributed by atoms with Crippen LogP contribution in [0.2, 0.25) is 0 Å². The van der Waals surface area contributed by atoms with E-state index in [1.165, 1.54) is 23.1 Å². The Morgan fingerprint density at radius 1 is 1.13 bits per heavy atom. The van der Waals surface area contributed by atoms with Crippen LogP contribution in [0.1, 0.15) is 24.0 Å². The second-order valence-electron chi connectivity index (χ2n) is 7.09. The van der Waals surface area contributed by atoms with Crippen LogP contribution in [-0.2, 0) is 27.4 Å². The van der Waals surface area contributed by atoms with Crippen LogP contribution in [0.15, 0.2) is 54.6 Å². The molecule has 1 aliphatic heterocycles. The zero-order chi connectivity index (χ0) is 21.5. The highest BCUT2D eigenvalue weighted by Crippen LogP contribution is 2.20. The Morgan fingerprint density at radius 3 is 2.53 bits per heavy atom. The van der Waals surface area contributed by atoms with Crippen molar-refractivity contribution in [2.45, 2.75) is 38.0 Å². The minimum absolute atomic E-state index is 0.0789. The number of rotatable bonds is 7. The predicted octanol–water partition coefficient (Wildman–Crippen LogP) is 2.74. The van der Waals surface area contributed by atoms with E-state index in [4.69, 9.17) is 4.74 Å². The molecular formula is C22H23FN2O5. The molecule has 3 rings (SSSR count). The topological polar surface area (TPSA) is 95.9 Å². The summed E-state index contributed by atoms with van der Waals surface area (Å²) in [6.45, 7) is 0.423. The van der Waals surface area contributed by atoms with Crippen molar-refractivity contribution in [1.29, 1.82) is 0 Å². The Labute approximate surface area is 173 Å². The van der Waals surface area contributed by atoms with E-state index in [0.29, 0.717) is 19.4 Å². The maximum absolute atomic E-state index is 13.9. The van der Waals surface area contributed by atoms with Gasteiger partial charge in [-0.05, 0) is 30.0 Å². The van der Waals surface area contributed by atoms with Gasteiger partial charge in [0.15, 0.2) is 0 Å². The average molecular weight is 414 g/mol. The van der Waals surface area contributed by atoms with Crippen LogP contribution in [-0.4, -0.2) is 46.6 Å². The Hall–Kier alpha value is -3.42.